The van der Waals surface area contributed by atoms with E-state index in [9.17, 15) is 9.59 Å². The van der Waals surface area contributed by atoms with E-state index >= 15 is 0 Å². The van der Waals surface area contributed by atoms with Crippen LogP contribution < -0.4 is 11.1 Å². The lowest BCUT2D eigenvalue weighted by Gasteiger charge is -2.32. The molecule has 3 aliphatic rings. The SMILES string of the molecule is CC(Nc1nc(-c2noc(=O)[nH]2)nc2nc3n(c12)C(C)C(C)(C)C3=O)C1CCC1.CC1CCCCC1. The Hall–Kier alpha value is -3.04. The van der Waals surface area contributed by atoms with Crippen LogP contribution in [0.15, 0.2) is 9.32 Å². The van der Waals surface area contributed by atoms with E-state index in [4.69, 9.17) is 0 Å². The third kappa shape index (κ3) is 4.35. The maximum absolute atomic E-state index is 12.9. The van der Waals surface area contributed by atoms with Gasteiger partial charge in [-0.1, -0.05) is 64.5 Å². The number of aromatic amines is 1. The second kappa shape index (κ2) is 9.44. The largest absolute Gasteiger partial charge is 0.439 e. The van der Waals surface area contributed by atoms with Gasteiger partial charge in [-0.25, -0.2) is 19.7 Å². The Bertz CT molecular complexity index is 1310. The summed E-state index contributed by atoms with van der Waals surface area (Å²) in [7, 11) is 0. The second-order valence-corrected chi connectivity index (χ2v) is 11.4. The zero-order valence-electron chi connectivity index (χ0n) is 21.9. The first-order chi connectivity index (χ1) is 17.2. The molecule has 2 unspecified atom stereocenters. The molecule has 2 fully saturated rings. The smallest absolute Gasteiger partial charge is 0.365 e. The van der Waals surface area contributed by atoms with Gasteiger partial charge >= 0.3 is 5.76 Å². The van der Waals surface area contributed by atoms with Crippen molar-refractivity contribution >= 4 is 22.8 Å². The molecule has 0 spiro atoms. The predicted octanol–water partition coefficient (Wildman–Crippen LogP) is 5.14. The Balaban J connectivity index is 0.000000330. The summed E-state index contributed by atoms with van der Waals surface area (Å²) < 4.78 is 6.53. The van der Waals surface area contributed by atoms with Gasteiger partial charge in [0.15, 0.2) is 17.3 Å². The Morgan fingerprint density at radius 3 is 2.31 bits per heavy atom. The van der Waals surface area contributed by atoms with Gasteiger partial charge in [0.1, 0.15) is 5.52 Å². The highest BCUT2D eigenvalue weighted by Crippen LogP contribution is 2.45. The van der Waals surface area contributed by atoms with E-state index < -0.39 is 11.2 Å². The summed E-state index contributed by atoms with van der Waals surface area (Å²) in [6.45, 7) is 10.4. The van der Waals surface area contributed by atoms with E-state index in [-0.39, 0.29) is 29.5 Å². The van der Waals surface area contributed by atoms with Gasteiger partial charge in [0, 0.05) is 12.1 Å². The lowest BCUT2D eigenvalue weighted by atomic mass is 9.80. The molecule has 0 amide bonds. The van der Waals surface area contributed by atoms with Crippen molar-refractivity contribution in [1.82, 2.24) is 29.7 Å². The van der Waals surface area contributed by atoms with Crippen LogP contribution >= 0.6 is 0 Å². The normalized spacial score (nSPS) is 22.6. The fraction of sp³-hybridized carbons (Fsp3) is 0.692. The van der Waals surface area contributed by atoms with Crippen molar-refractivity contribution in [2.75, 3.05) is 5.32 Å². The van der Waals surface area contributed by atoms with Crippen LogP contribution in [0.3, 0.4) is 0 Å². The fourth-order valence-corrected chi connectivity index (χ4v) is 5.45. The van der Waals surface area contributed by atoms with E-state index in [1.807, 2.05) is 25.3 Å². The summed E-state index contributed by atoms with van der Waals surface area (Å²) in [5, 5.41) is 7.20. The number of fused-ring (bicyclic) bond motifs is 3. The number of ketones is 1. The molecule has 0 radical (unpaired) electrons. The predicted molar refractivity (Wildman–Crippen MR) is 137 cm³/mol. The molecule has 0 saturated heterocycles. The Kier molecular flexibility index (Phi) is 6.46. The molecule has 10 nitrogen and oxygen atoms in total. The van der Waals surface area contributed by atoms with Gasteiger partial charge in [0.25, 0.3) is 0 Å². The first-order valence-electron chi connectivity index (χ1n) is 13.3. The minimum Gasteiger partial charge on any atom is -0.365 e. The third-order valence-electron chi connectivity index (χ3n) is 8.53. The summed E-state index contributed by atoms with van der Waals surface area (Å²) in [5.41, 5.74) is 0.545. The van der Waals surface area contributed by atoms with Gasteiger partial charge in [-0.15, -0.1) is 0 Å². The van der Waals surface area contributed by atoms with Crippen LogP contribution in [0.25, 0.3) is 22.8 Å². The van der Waals surface area contributed by atoms with Crippen LogP contribution in [0.2, 0.25) is 0 Å². The van der Waals surface area contributed by atoms with E-state index in [2.05, 4.69) is 48.8 Å². The van der Waals surface area contributed by atoms with Crippen LogP contribution in [-0.4, -0.2) is 41.5 Å². The number of nitrogens with one attached hydrogen (secondary N) is 2. The zero-order valence-corrected chi connectivity index (χ0v) is 21.9. The second-order valence-electron chi connectivity index (χ2n) is 11.4. The van der Waals surface area contributed by atoms with Crippen molar-refractivity contribution in [2.24, 2.45) is 17.3 Å². The first-order valence-corrected chi connectivity index (χ1v) is 13.3. The number of anilines is 1. The summed E-state index contributed by atoms with van der Waals surface area (Å²) in [4.78, 5) is 40.4. The van der Waals surface area contributed by atoms with Crippen molar-refractivity contribution in [2.45, 2.75) is 98.1 Å². The van der Waals surface area contributed by atoms with Crippen LogP contribution in [0.5, 0.6) is 0 Å². The van der Waals surface area contributed by atoms with E-state index in [1.165, 1.54) is 51.4 Å². The molecule has 2 aliphatic carbocycles. The summed E-state index contributed by atoms with van der Waals surface area (Å²) in [6.07, 6.45) is 11.0. The number of hydrogen-bond acceptors (Lipinski definition) is 8. The Labute approximate surface area is 210 Å². The van der Waals surface area contributed by atoms with Crippen LogP contribution in [0.4, 0.5) is 5.82 Å². The van der Waals surface area contributed by atoms with Crippen LogP contribution in [0.1, 0.15) is 103 Å². The van der Waals surface area contributed by atoms with E-state index in [1.54, 1.807) is 0 Å². The highest BCUT2D eigenvalue weighted by Gasteiger charge is 2.47. The average Bonchev–Trinajstić information content (AvgIpc) is 3.45. The number of H-pyrrole nitrogens is 1. The molecule has 0 aromatic carbocycles. The number of nitrogens with zero attached hydrogens (tertiary/aromatic N) is 5. The average molecular weight is 496 g/mol. The molecule has 2 saturated carbocycles. The highest BCUT2D eigenvalue weighted by molar-refractivity contribution is 6.04. The molecule has 0 bridgehead atoms. The van der Waals surface area contributed by atoms with Gasteiger partial charge in [-0.2, -0.15) is 0 Å². The number of carbonyl (C=O) groups excluding carboxylic acids is 1. The lowest BCUT2D eigenvalue weighted by Crippen LogP contribution is -2.31. The van der Waals surface area contributed by atoms with Crippen molar-refractivity contribution in [1.29, 1.82) is 0 Å². The number of carbonyl (C=O) groups is 1. The maximum Gasteiger partial charge on any atom is 0.439 e. The van der Waals surface area contributed by atoms with Gasteiger partial charge < -0.3 is 9.88 Å². The van der Waals surface area contributed by atoms with Crippen LogP contribution in [0, 0.1) is 17.3 Å². The van der Waals surface area contributed by atoms with Gasteiger partial charge in [0.05, 0.1) is 5.41 Å². The third-order valence-corrected chi connectivity index (χ3v) is 8.53. The van der Waals surface area contributed by atoms with Crippen LogP contribution in [-0.2, 0) is 0 Å². The van der Waals surface area contributed by atoms with Crippen molar-refractivity contribution < 1.29 is 9.32 Å². The Morgan fingerprint density at radius 2 is 1.75 bits per heavy atom. The molecule has 1 aliphatic heterocycles. The number of Topliss-reactive ketones (excluding diaryl/α,β-unsaturated/α-hetero) is 1. The molecule has 6 rings (SSSR count). The molecule has 194 valence electrons. The van der Waals surface area contributed by atoms with Crippen molar-refractivity contribution in [3.63, 3.8) is 0 Å². The number of imidazole rings is 1. The minimum atomic E-state index is -0.682. The van der Waals surface area contributed by atoms with Gasteiger partial charge in [-0.05, 0) is 38.5 Å². The van der Waals surface area contributed by atoms with E-state index in [0.29, 0.717) is 28.7 Å². The molecule has 3 aromatic rings. The van der Waals surface area contributed by atoms with Crippen molar-refractivity contribution in [3.05, 3.63) is 16.4 Å². The maximum atomic E-state index is 12.9. The zero-order chi connectivity index (χ0) is 25.6. The summed E-state index contributed by atoms with van der Waals surface area (Å²) in [5.74, 6) is 2.21. The molecular formula is C26H37N7O3. The molecule has 2 atom stereocenters. The number of hydrogen-bond donors (Lipinski definition) is 2. The molecular weight excluding hydrogens is 458 g/mol. The molecule has 4 heterocycles. The quantitative estimate of drug-likeness (QED) is 0.508. The molecule has 3 aromatic heterocycles. The first kappa shape index (κ1) is 24.6. The van der Waals surface area contributed by atoms with Gasteiger partial charge in [0.2, 0.25) is 17.4 Å². The number of rotatable bonds is 4. The lowest BCUT2D eigenvalue weighted by molar-refractivity contribution is 0.0830. The summed E-state index contributed by atoms with van der Waals surface area (Å²) in [6, 6.07) is 0.119. The monoisotopic (exact) mass is 495 g/mol. The number of aromatic nitrogens is 6. The summed E-state index contributed by atoms with van der Waals surface area (Å²) >= 11 is 0. The molecule has 10 heteroatoms. The highest BCUT2D eigenvalue weighted by atomic mass is 16.5. The van der Waals surface area contributed by atoms with Gasteiger partial charge in [-0.3, -0.25) is 14.3 Å². The standard InChI is InChI=1S/C19H23N7O3.C7H14/c1-8(10-6-5-7-10)20-13-11-14(22-15(21-13)16-24-18(28)29-25-16)23-17-12(27)19(3,4)9(2)26(11)17;1-7-5-3-2-4-6-7/h8-10H,5-7H2,1-4H3,(H,20,21,22)(H,24,25,28);7H,2-6H2,1H3. The topological polar surface area (TPSA) is 132 Å². The molecule has 2 N–H and O–H groups in total. The van der Waals surface area contributed by atoms with Crippen molar-refractivity contribution in [3.8, 4) is 11.6 Å². The minimum absolute atomic E-state index is 0.0163. The van der Waals surface area contributed by atoms with E-state index in [0.717, 1.165) is 5.92 Å². The Morgan fingerprint density at radius 1 is 1.03 bits per heavy atom. The molecule has 36 heavy (non-hydrogen) atoms. The fourth-order valence-electron chi connectivity index (χ4n) is 5.45.